The molecule has 9 nitrogen and oxygen atoms in total. The van der Waals surface area contributed by atoms with Crippen molar-refractivity contribution in [3.05, 3.63) is 35.5 Å². The van der Waals surface area contributed by atoms with Crippen molar-refractivity contribution in [2.75, 3.05) is 24.8 Å². The third-order valence-corrected chi connectivity index (χ3v) is 12.3. The van der Waals surface area contributed by atoms with Crippen molar-refractivity contribution in [3.8, 4) is 0 Å². The molecule has 8 aliphatic rings. The van der Waals surface area contributed by atoms with Crippen molar-refractivity contribution < 1.29 is 28.5 Å². The summed E-state index contributed by atoms with van der Waals surface area (Å²) in [7, 11) is 1.97. The molecule has 0 amide bonds. The first-order valence-corrected chi connectivity index (χ1v) is 14.5. The molecule has 1 aromatic carbocycles. The van der Waals surface area contributed by atoms with Gasteiger partial charge in [0.1, 0.15) is 36.7 Å². The maximum absolute atomic E-state index is 12.5. The number of aromatic nitrogens is 2. The van der Waals surface area contributed by atoms with E-state index in [1.807, 2.05) is 17.9 Å². The molecule has 10 rings (SSSR count). The predicted octanol–water partition coefficient (Wildman–Crippen LogP) is 2.86. The maximum Gasteiger partial charge on any atom is 0.334 e. The van der Waals surface area contributed by atoms with E-state index in [4.69, 9.17) is 23.7 Å². The summed E-state index contributed by atoms with van der Waals surface area (Å²) in [4.78, 5) is 14.8. The SMILES string of the molecule is CC(C)[C@]12O[C@H]1[C@@H]1O[C@]13[C@]1(O[C@H]1C[C@H]1C4=C(CC[C@@]13C)C(=O)OC4)[C@]21CN(c2ccc3c(cnn3C)c2)CO1. The number of epoxide rings is 3. The monoisotopic (exact) mass is 531 g/mol. The second kappa shape index (κ2) is 6.22. The molecule has 2 aromatic rings. The molecule has 39 heavy (non-hydrogen) atoms. The van der Waals surface area contributed by atoms with Gasteiger partial charge in [0.25, 0.3) is 0 Å². The molecule has 3 spiro atoms. The van der Waals surface area contributed by atoms with Crippen LogP contribution >= 0.6 is 0 Å². The van der Waals surface area contributed by atoms with E-state index in [9.17, 15) is 4.79 Å². The summed E-state index contributed by atoms with van der Waals surface area (Å²) >= 11 is 0. The number of hydrogen-bond acceptors (Lipinski definition) is 8. The van der Waals surface area contributed by atoms with Crippen LogP contribution in [0, 0.1) is 17.3 Å². The Morgan fingerprint density at radius 1 is 1.13 bits per heavy atom. The molecule has 5 aliphatic heterocycles. The molecule has 0 N–H and O–H groups in total. The molecule has 0 bridgehead atoms. The van der Waals surface area contributed by atoms with E-state index >= 15 is 0 Å². The molecule has 9 heteroatoms. The molecule has 1 aromatic heterocycles. The summed E-state index contributed by atoms with van der Waals surface area (Å²) in [5.41, 5.74) is 2.00. The van der Waals surface area contributed by atoms with E-state index in [1.165, 1.54) is 5.57 Å². The van der Waals surface area contributed by atoms with Crippen molar-refractivity contribution in [1.29, 1.82) is 0 Å². The zero-order valence-corrected chi connectivity index (χ0v) is 22.7. The van der Waals surface area contributed by atoms with Gasteiger partial charge in [0.05, 0.1) is 24.4 Å². The fraction of sp³-hybridized carbons (Fsp3) is 0.667. The molecule has 6 heterocycles. The minimum Gasteiger partial charge on any atom is -0.458 e. The first-order chi connectivity index (χ1) is 18.7. The van der Waals surface area contributed by atoms with Crippen molar-refractivity contribution >= 4 is 22.6 Å². The van der Waals surface area contributed by atoms with E-state index < -0.39 is 22.4 Å². The Morgan fingerprint density at radius 2 is 2.00 bits per heavy atom. The highest BCUT2D eigenvalue weighted by molar-refractivity contribution is 5.92. The van der Waals surface area contributed by atoms with E-state index in [-0.39, 0.29) is 41.5 Å². The summed E-state index contributed by atoms with van der Waals surface area (Å²) in [6.45, 7) is 8.48. The van der Waals surface area contributed by atoms with Crippen molar-refractivity contribution in [2.45, 2.75) is 80.7 Å². The lowest BCUT2D eigenvalue weighted by Crippen LogP contribution is -2.76. The molecule has 9 atom stereocenters. The highest BCUT2D eigenvalue weighted by atomic mass is 16.8. The van der Waals surface area contributed by atoms with Gasteiger partial charge in [-0.05, 0) is 54.9 Å². The molecule has 6 fully saturated rings. The van der Waals surface area contributed by atoms with Crippen LogP contribution in [0.25, 0.3) is 10.9 Å². The molecular weight excluding hydrogens is 498 g/mol. The topological polar surface area (TPSA) is 94.2 Å². The minimum atomic E-state index is -0.648. The second-order valence-electron chi connectivity index (χ2n) is 13.7. The van der Waals surface area contributed by atoms with Crippen LogP contribution in [0.2, 0.25) is 0 Å². The van der Waals surface area contributed by atoms with Crippen LogP contribution in [0.4, 0.5) is 5.69 Å². The number of carbonyl (C=O) groups excluding carboxylic acids is 1. The Kier molecular flexibility index (Phi) is 3.55. The van der Waals surface area contributed by atoms with Gasteiger partial charge in [-0.2, -0.15) is 5.10 Å². The van der Waals surface area contributed by atoms with Gasteiger partial charge < -0.3 is 28.6 Å². The van der Waals surface area contributed by atoms with Gasteiger partial charge >= 0.3 is 5.97 Å². The molecule has 0 radical (unpaired) electrons. The van der Waals surface area contributed by atoms with Crippen LogP contribution in [-0.2, 0) is 35.5 Å². The number of benzene rings is 1. The lowest BCUT2D eigenvalue weighted by molar-refractivity contribution is -0.168. The third-order valence-electron chi connectivity index (χ3n) is 12.3. The number of ether oxygens (including phenoxy) is 5. The van der Waals surface area contributed by atoms with Crippen LogP contribution in [0.15, 0.2) is 35.5 Å². The van der Waals surface area contributed by atoms with E-state index in [2.05, 4.69) is 49.0 Å². The normalized spacial score (nSPS) is 49.9. The fourth-order valence-corrected chi connectivity index (χ4v) is 10.6. The first-order valence-electron chi connectivity index (χ1n) is 14.5. The second-order valence-corrected chi connectivity index (χ2v) is 13.7. The summed E-state index contributed by atoms with van der Waals surface area (Å²) in [6, 6.07) is 6.52. The summed E-state index contributed by atoms with van der Waals surface area (Å²) < 4.78 is 35.3. The highest BCUT2D eigenvalue weighted by Gasteiger charge is 3.05. The highest BCUT2D eigenvalue weighted by Crippen LogP contribution is 2.86. The van der Waals surface area contributed by atoms with Gasteiger partial charge in [0.2, 0.25) is 0 Å². The molecule has 2 saturated carbocycles. The average Bonchev–Trinajstić information content (AvgIpc) is 3.85. The lowest BCUT2D eigenvalue weighted by atomic mass is 9.44. The zero-order valence-electron chi connectivity index (χ0n) is 22.7. The van der Waals surface area contributed by atoms with Crippen LogP contribution < -0.4 is 4.90 Å². The Balaban J connectivity index is 1.11. The first kappa shape index (κ1) is 22.3. The van der Waals surface area contributed by atoms with E-state index in [0.29, 0.717) is 19.9 Å². The number of anilines is 1. The number of hydrogen-bond donors (Lipinski definition) is 0. The number of cyclic esters (lactones) is 1. The van der Waals surface area contributed by atoms with Crippen LogP contribution in [0.1, 0.15) is 40.0 Å². The van der Waals surface area contributed by atoms with Gasteiger partial charge in [0, 0.05) is 29.1 Å². The number of fused-ring (bicyclic) bond motifs is 6. The Labute approximate surface area is 226 Å². The number of aryl methyl sites for hydroxylation is 1. The van der Waals surface area contributed by atoms with Crippen LogP contribution in [0.3, 0.4) is 0 Å². The predicted molar refractivity (Wildman–Crippen MR) is 138 cm³/mol. The van der Waals surface area contributed by atoms with Crippen molar-refractivity contribution in [1.82, 2.24) is 9.78 Å². The van der Waals surface area contributed by atoms with Crippen molar-refractivity contribution in [2.24, 2.45) is 24.3 Å². The van der Waals surface area contributed by atoms with E-state index in [0.717, 1.165) is 41.4 Å². The van der Waals surface area contributed by atoms with Gasteiger partial charge in [0.15, 0.2) is 11.2 Å². The van der Waals surface area contributed by atoms with Crippen LogP contribution in [-0.4, -0.2) is 76.3 Å². The van der Waals surface area contributed by atoms with Gasteiger partial charge in [-0.3, -0.25) is 4.68 Å². The molecular formula is C30H33N3O6. The van der Waals surface area contributed by atoms with Crippen molar-refractivity contribution in [3.63, 3.8) is 0 Å². The Morgan fingerprint density at radius 3 is 2.85 bits per heavy atom. The summed E-state index contributed by atoms with van der Waals surface area (Å²) in [5, 5.41) is 5.55. The standard InChI is InChI=1S/C30H33N3O6/c1-15(2)28-23(38-28)24-30(39-24)26(3)8-7-18-19(12-35-25(18)34)20(26)10-22-29(30,37-22)27(28)13-33(14-36-27)17-5-6-21-16(9-17)11-31-32(21)4/h5-6,9,11,15,20,22-24H,7-8,10,12-14H2,1-4H3/t20-,22-,23-,24-,26-,27-,28-,29+,30+/m0/s1. The third kappa shape index (κ3) is 2.02. The molecule has 3 aliphatic carbocycles. The number of rotatable bonds is 2. The Hall–Kier alpha value is -2.46. The lowest BCUT2D eigenvalue weighted by Gasteiger charge is -2.56. The average molecular weight is 532 g/mol. The molecule has 204 valence electrons. The Bertz CT molecular complexity index is 1570. The van der Waals surface area contributed by atoms with Crippen LogP contribution in [0.5, 0.6) is 0 Å². The summed E-state index contributed by atoms with van der Waals surface area (Å²) in [6.07, 6.45) is 4.41. The maximum atomic E-state index is 12.5. The molecule has 4 saturated heterocycles. The summed E-state index contributed by atoms with van der Waals surface area (Å²) in [5.74, 6) is 0.332. The van der Waals surface area contributed by atoms with E-state index in [1.54, 1.807) is 0 Å². The minimum absolute atomic E-state index is 0.00431. The largest absolute Gasteiger partial charge is 0.458 e. The molecule has 0 unspecified atom stereocenters. The fourth-order valence-electron chi connectivity index (χ4n) is 10.6. The number of nitrogens with zero attached hydrogens (tertiary/aromatic N) is 3. The smallest absolute Gasteiger partial charge is 0.334 e. The van der Waals surface area contributed by atoms with Gasteiger partial charge in [-0.15, -0.1) is 0 Å². The zero-order chi connectivity index (χ0) is 26.3. The number of esters is 1. The van der Waals surface area contributed by atoms with Gasteiger partial charge in [-0.1, -0.05) is 20.8 Å². The van der Waals surface area contributed by atoms with Gasteiger partial charge in [-0.25, -0.2) is 4.79 Å². The number of carbonyl (C=O) groups is 1. The quantitative estimate of drug-likeness (QED) is 0.432.